The van der Waals surface area contributed by atoms with Gasteiger partial charge < -0.3 is 10.2 Å². The molecule has 2 aromatic heterocycles. The Morgan fingerprint density at radius 1 is 1.32 bits per heavy atom. The number of rotatable bonds is 2. The molecule has 1 amide bonds. The first-order valence-electron chi connectivity index (χ1n) is 8.21. The molecule has 0 aliphatic carbocycles. The number of aromatic nitrogens is 2. The average Bonchev–Trinajstić information content (AvgIpc) is 3.16. The molecule has 25 heavy (non-hydrogen) atoms. The second-order valence-electron chi connectivity index (χ2n) is 6.21. The normalized spacial score (nSPS) is 17.5. The average molecular weight is 377 g/mol. The van der Waals surface area contributed by atoms with Crippen LogP contribution in [0, 0.1) is 6.92 Å². The van der Waals surface area contributed by atoms with Crippen LogP contribution in [0.15, 0.2) is 36.4 Å². The largest absolute Gasteiger partial charge is 0.333 e. The third kappa shape index (κ3) is 3.17. The van der Waals surface area contributed by atoms with E-state index in [1.807, 2.05) is 52.9 Å². The SMILES string of the molecule is Cc1nn(-c2ccccc2)c2sc(C(=O)N3CCNC[C@H]3C)cc12.Cl. The maximum atomic E-state index is 12.9. The second-order valence-corrected chi connectivity index (χ2v) is 7.24. The summed E-state index contributed by atoms with van der Waals surface area (Å²) in [6, 6.07) is 12.3. The van der Waals surface area contributed by atoms with Crippen molar-refractivity contribution in [3.8, 4) is 5.69 Å². The Balaban J connectivity index is 0.00000182. The number of thiophene rings is 1. The summed E-state index contributed by atoms with van der Waals surface area (Å²) in [7, 11) is 0. The molecule has 1 aliphatic heterocycles. The monoisotopic (exact) mass is 376 g/mol. The van der Waals surface area contributed by atoms with E-state index in [1.165, 1.54) is 11.3 Å². The van der Waals surface area contributed by atoms with Crippen LogP contribution in [0.2, 0.25) is 0 Å². The number of benzene rings is 1. The second kappa shape index (κ2) is 7.15. The predicted octanol–water partition coefficient (Wildman–Crippen LogP) is 3.25. The molecule has 1 saturated heterocycles. The van der Waals surface area contributed by atoms with Gasteiger partial charge in [0, 0.05) is 31.1 Å². The van der Waals surface area contributed by atoms with Crippen LogP contribution in [0.5, 0.6) is 0 Å². The highest BCUT2D eigenvalue weighted by molar-refractivity contribution is 7.20. The lowest BCUT2D eigenvalue weighted by atomic mass is 10.2. The fraction of sp³-hybridized carbons (Fsp3) is 0.333. The minimum atomic E-state index is 0. The van der Waals surface area contributed by atoms with Crippen molar-refractivity contribution in [1.82, 2.24) is 20.0 Å². The van der Waals surface area contributed by atoms with E-state index in [1.54, 1.807) is 0 Å². The lowest BCUT2D eigenvalue weighted by Crippen LogP contribution is -2.52. The van der Waals surface area contributed by atoms with E-state index in [0.29, 0.717) is 0 Å². The van der Waals surface area contributed by atoms with Crippen molar-refractivity contribution in [2.24, 2.45) is 0 Å². The molecule has 132 valence electrons. The molecule has 0 spiro atoms. The van der Waals surface area contributed by atoms with Crippen LogP contribution in [0.25, 0.3) is 15.9 Å². The van der Waals surface area contributed by atoms with Gasteiger partial charge in [-0.3, -0.25) is 4.79 Å². The van der Waals surface area contributed by atoms with E-state index < -0.39 is 0 Å². The van der Waals surface area contributed by atoms with Crippen molar-refractivity contribution in [1.29, 1.82) is 0 Å². The molecule has 3 heterocycles. The molecular weight excluding hydrogens is 356 g/mol. The van der Waals surface area contributed by atoms with Gasteiger partial charge >= 0.3 is 0 Å². The molecule has 1 atom stereocenters. The zero-order chi connectivity index (χ0) is 16.7. The minimum Gasteiger partial charge on any atom is -0.333 e. The summed E-state index contributed by atoms with van der Waals surface area (Å²) >= 11 is 1.53. The van der Waals surface area contributed by atoms with Gasteiger partial charge in [0.1, 0.15) is 4.83 Å². The van der Waals surface area contributed by atoms with Crippen molar-refractivity contribution in [3.05, 3.63) is 47.0 Å². The highest BCUT2D eigenvalue weighted by Gasteiger charge is 2.26. The van der Waals surface area contributed by atoms with Gasteiger partial charge in [-0.15, -0.1) is 23.7 Å². The minimum absolute atomic E-state index is 0. The third-order valence-corrected chi connectivity index (χ3v) is 5.62. The molecule has 4 rings (SSSR count). The molecule has 1 N–H and O–H groups in total. The van der Waals surface area contributed by atoms with E-state index in [4.69, 9.17) is 0 Å². The van der Waals surface area contributed by atoms with E-state index >= 15 is 0 Å². The summed E-state index contributed by atoms with van der Waals surface area (Å²) in [4.78, 5) is 16.7. The van der Waals surface area contributed by atoms with Gasteiger partial charge in [-0.25, -0.2) is 4.68 Å². The highest BCUT2D eigenvalue weighted by atomic mass is 35.5. The van der Waals surface area contributed by atoms with Crippen LogP contribution in [-0.4, -0.2) is 46.3 Å². The molecule has 1 aliphatic rings. The van der Waals surface area contributed by atoms with Gasteiger partial charge in [0.15, 0.2) is 0 Å². The molecule has 0 unspecified atom stereocenters. The lowest BCUT2D eigenvalue weighted by molar-refractivity contribution is 0.0661. The van der Waals surface area contributed by atoms with Crippen molar-refractivity contribution >= 4 is 39.9 Å². The zero-order valence-corrected chi connectivity index (χ0v) is 15.9. The van der Waals surface area contributed by atoms with Gasteiger partial charge in [0.2, 0.25) is 0 Å². The third-order valence-electron chi connectivity index (χ3n) is 4.52. The van der Waals surface area contributed by atoms with Gasteiger partial charge in [0.05, 0.1) is 16.3 Å². The smallest absolute Gasteiger partial charge is 0.264 e. The Morgan fingerprint density at radius 2 is 2.08 bits per heavy atom. The number of nitrogens with zero attached hydrogens (tertiary/aromatic N) is 3. The topological polar surface area (TPSA) is 50.2 Å². The number of carbonyl (C=O) groups excluding carboxylic acids is 1. The highest BCUT2D eigenvalue weighted by Crippen LogP contribution is 2.31. The Bertz CT molecular complexity index is 889. The van der Waals surface area contributed by atoms with Gasteiger partial charge in [-0.05, 0) is 32.0 Å². The van der Waals surface area contributed by atoms with Crippen LogP contribution in [-0.2, 0) is 0 Å². The number of halogens is 1. The maximum Gasteiger partial charge on any atom is 0.264 e. The number of piperazine rings is 1. The number of nitrogens with one attached hydrogen (secondary N) is 1. The van der Waals surface area contributed by atoms with Crippen molar-refractivity contribution in [2.75, 3.05) is 19.6 Å². The zero-order valence-electron chi connectivity index (χ0n) is 14.2. The first kappa shape index (κ1) is 17.9. The van der Waals surface area contributed by atoms with Gasteiger partial charge in [-0.2, -0.15) is 5.10 Å². The van der Waals surface area contributed by atoms with E-state index in [-0.39, 0.29) is 24.4 Å². The van der Waals surface area contributed by atoms with Crippen molar-refractivity contribution < 1.29 is 4.79 Å². The summed E-state index contributed by atoms with van der Waals surface area (Å²) in [6.07, 6.45) is 0. The Hall–Kier alpha value is -1.89. The van der Waals surface area contributed by atoms with Crippen LogP contribution >= 0.6 is 23.7 Å². The van der Waals surface area contributed by atoms with Crippen LogP contribution < -0.4 is 5.32 Å². The molecule has 0 radical (unpaired) electrons. The fourth-order valence-electron chi connectivity index (χ4n) is 3.18. The number of fused-ring (bicyclic) bond motifs is 1. The molecule has 1 aromatic carbocycles. The molecular formula is C18H21ClN4OS. The predicted molar refractivity (Wildman–Crippen MR) is 104 cm³/mol. The summed E-state index contributed by atoms with van der Waals surface area (Å²) in [5, 5.41) is 9.03. The molecule has 7 heteroatoms. The van der Waals surface area contributed by atoms with Crippen molar-refractivity contribution in [2.45, 2.75) is 19.9 Å². The lowest BCUT2D eigenvalue weighted by Gasteiger charge is -2.33. The first-order valence-corrected chi connectivity index (χ1v) is 9.03. The van der Waals surface area contributed by atoms with E-state index in [2.05, 4.69) is 17.3 Å². The molecule has 5 nitrogen and oxygen atoms in total. The van der Waals surface area contributed by atoms with E-state index in [9.17, 15) is 4.79 Å². The number of amides is 1. The molecule has 0 bridgehead atoms. The summed E-state index contributed by atoms with van der Waals surface area (Å²) in [6.45, 7) is 6.56. The number of hydrogen-bond acceptors (Lipinski definition) is 4. The number of para-hydroxylation sites is 1. The van der Waals surface area contributed by atoms with Gasteiger partial charge in [0.25, 0.3) is 5.91 Å². The Kier molecular flexibility index (Phi) is 5.13. The Labute approximate surface area is 157 Å². The van der Waals surface area contributed by atoms with Crippen LogP contribution in [0.3, 0.4) is 0 Å². The quantitative estimate of drug-likeness (QED) is 0.746. The van der Waals surface area contributed by atoms with Crippen LogP contribution in [0.4, 0.5) is 0 Å². The summed E-state index contributed by atoms with van der Waals surface area (Å²) in [5.74, 6) is 0.129. The summed E-state index contributed by atoms with van der Waals surface area (Å²) < 4.78 is 1.94. The van der Waals surface area contributed by atoms with Crippen LogP contribution in [0.1, 0.15) is 22.3 Å². The number of carbonyl (C=O) groups is 1. The maximum absolute atomic E-state index is 12.9. The Morgan fingerprint density at radius 3 is 2.80 bits per heavy atom. The van der Waals surface area contributed by atoms with E-state index in [0.717, 1.165) is 46.1 Å². The molecule has 1 fully saturated rings. The fourth-order valence-corrected chi connectivity index (χ4v) is 4.32. The van der Waals surface area contributed by atoms with Crippen molar-refractivity contribution in [3.63, 3.8) is 0 Å². The molecule has 0 saturated carbocycles. The molecule has 3 aromatic rings. The number of hydrogen-bond donors (Lipinski definition) is 1. The first-order chi connectivity index (χ1) is 11.6. The van der Waals surface area contributed by atoms with Gasteiger partial charge in [-0.1, -0.05) is 18.2 Å². The summed E-state index contributed by atoms with van der Waals surface area (Å²) in [5.41, 5.74) is 1.98. The standard InChI is InChI=1S/C18H20N4OS.ClH/c1-12-11-19-8-9-21(12)17(23)16-10-15-13(2)20-22(18(15)24-16)14-6-4-3-5-7-14;/h3-7,10,12,19H,8-9,11H2,1-2H3;1H/t12-;/m1./s1. The number of aryl methyl sites for hydroxylation is 1.